The van der Waals surface area contributed by atoms with E-state index in [0.29, 0.717) is 19.3 Å². The van der Waals surface area contributed by atoms with Crippen LogP contribution in [0.3, 0.4) is 0 Å². The van der Waals surface area contributed by atoms with Crippen LogP contribution in [0.5, 0.6) is 0 Å². The molecular weight excluding hydrogens is 889 g/mol. The molecule has 0 N–H and O–H groups in total. The number of hydrogen-bond donors (Lipinski definition) is 0. The van der Waals surface area contributed by atoms with Gasteiger partial charge in [0.2, 0.25) is 0 Å². The molecule has 0 aliphatic rings. The molecule has 6 heteroatoms. The Kier molecular flexibility index (Phi) is 60.1. The van der Waals surface area contributed by atoms with E-state index in [2.05, 4.69) is 32.9 Å². The minimum atomic E-state index is -0.766. The highest BCUT2D eigenvalue weighted by molar-refractivity contribution is 5.71. The third-order valence-electron chi connectivity index (χ3n) is 15.0. The topological polar surface area (TPSA) is 78.9 Å². The van der Waals surface area contributed by atoms with Crippen molar-refractivity contribution in [2.24, 2.45) is 0 Å². The van der Waals surface area contributed by atoms with Crippen molar-refractivity contribution in [1.29, 1.82) is 0 Å². The minimum Gasteiger partial charge on any atom is -0.462 e. The first-order chi connectivity index (χ1) is 35.5. The Morgan fingerprint density at radius 3 is 0.694 bits per heavy atom. The van der Waals surface area contributed by atoms with E-state index in [4.69, 9.17) is 14.2 Å². The highest BCUT2D eigenvalue weighted by atomic mass is 16.6. The second-order valence-electron chi connectivity index (χ2n) is 22.4. The first-order valence-corrected chi connectivity index (χ1v) is 32.7. The second-order valence-corrected chi connectivity index (χ2v) is 22.4. The van der Waals surface area contributed by atoms with Crippen LogP contribution >= 0.6 is 0 Å². The molecule has 0 rings (SSSR count). The smallest absolute Gasteiger partial charge is 0.306 e. The van der Waals surface area contributed by atoms with E-state index in [1.807, 2.05) is 0 Å². The molecule has 6 nitrogen and oxygen atoms in total. The van der Waals surface area contributed by atoms with Crippen LogP contribution in [-0.2, 0) is 28.6 Å². The fraction of sp³-hybridized carbons (Fsp3) is 0.924. The molecule has 0 aromatic heterocycles. The van der Waals surface area contributed by atoms with Gasteiger partial charge in [0.15, 0.2) is 6.10 Å². The number of allylic oxidation sites excluding steroid dienone is 2. The third kappa shape index (κ3) is 59.0. The van der Waals surface area contributed by atoms with Gasteiger partial charge in [-0.25, -0.2) is 0 Å². The summed E-state index contributed by atoms with van der Waals surface area (Å²) in [6.07, 6.45) is 72.6. The fourth-order valence-corrected chi connectivity index (χ4v) is 10.1. The molecule has 426 valence electrons. The monoisotopic (exact) mass is 1010 g/mol. The number of esters is 3. The van der Waals surface area contributed by atoms with E-state index < -0.39 is 6.10 Å². The first kappa shape index (κ1) is 70.1. The van der Waals surface area contributed by atoms with Crippen LogP contribution in [0.15, 0.2) is 12.2 Å². The predicted octanol–water partition coefficient (Wildman–Crippen LogP) is 22.1. The Labute approximate surface area is 450 Å². The Balaban J connectivity index is 4.00. The van der Waals surface area contributed by atoms with E-state index in [-0.39, 0.29) is 31.1 Å². The van der Waals surface area contributed by atoms with Crippen molar-refractivity contribution < 1.29 is 28.6 Å². The van der Waals surface area contributed by atoms with Gasteiger partial charge >= 0.3 is 17.9 Å². The summed E-state index contributed by atoms with van der Waals surface area (Å²) >= 11 is 0. The zero-order chi connectivity index (χ0) is 52.2. The molecule has 0 bridgehead atoms. The van der Waals surface area contributed by atoms with Crippen LogP contribution < -0.4 is 0 Å². The SMILES string of the molecule is CCCCCCCCC/C=C\CCCCCCCCCC(=O)OC(COC(=O)CCCCCCCCC)COC(=O)CCCCCCCCCCCCCCCCCCCCCCCCCCCCCCC. The summed E-state index contributed by atoms with van der Waals surface area (Å²) in [4.78, 5) is 38.0. The van der Waals surface area contributed by atoms with E-state index >= 15 is 0 Å². The summed E-state index contributed by atoms with van der Waals surface area (Å²) < 4.78 is 16.8. The van der Waals surface area contributed by atoms with Crippen molar-refractivity contribution in [2.75, 3.05) is 13.2 Å². The number of carbonyl (C=O) groups excluding carboxylic acids is 3. The molecule has 0 aromatic carbocycles. The maximum Gasteiger partial charge on any atom is 0.306 e. The molecule has 0 heterocycles. The molecule has 72 heavy (non-hydrogen) atoms. The van der Waals surface area contributed by atoms with Crippen LogP contribution in [0, 0.1) is 0 Å². The lowest BCUT2D eigenvalue weighted by atomic mass is 10.0. The van der Waals surface area contributed by atoms with Crippen molar-refractivity contribution >= 4 is 17.9 Å². The molecule has 1 atom stereocenters. The van der Waals surface area contributed by atoms with Crippen molar-refractivity contribution in [3.63, 3.8) is 0 Å². The van der Waals surface area contributed by atoms with Crippen LogP contribution in [0.25, 0.3) is 0 Å². The third-order valence-corrected chi connectivity index (χ3v) is 15.0. The highest BCUT2D eigenvalue weighted by Crippen LogP contribution is 2.18. The van der Waals surface area contributed by atoms with Gasteiger partial charge < -0.3 is 14.2 Å². The normalized spacial score (nSPS) is 12.0. The Hall–Kier alpha value is -1.85. The molecule has 0 aliphatic carbocycles. The minimum absolute atomic E-state index is 0.0663. The summed E-state index contributed by atoms with van der Waals surface area (Å²) in [5, 5.41) is 0. The number of ether oxygens (including phenoxy) is 3. The Morgan fingerprint density at radius 1 is 0.264 bits per heavy atom. The molecule has 0 radical (unpaired) electrons. The highest BCUT2D eigenvalue weighted by Gasteiger charge is 2.19. The van der Waals surface area contributed by atoms with E-state index in [1.54, 1.807) is 0 Å². The van der Waals surface area contributed by atoms with Gasteiger partial charge in [-0.2, -0.15) is 0 Å². The number of unbranched alkanes of at least 4 members (excludes halogenated alkanes) is 48. The van der Waals surface area contributed by atoms with Gasteiger partial charge in [0.25, 0.3) is 0 Å². The zero-order valence-corrected chi connectivity index (χ0v) is 49.0. The van der Waals surface area contributed by atoms with Crippen molar-refractivity contribution in [2.45, 2.75) is 380 Å². The predicted molar refractivity (Wildman–Crippen MR) is 312 cm³/mol. The summed E-state index contributed by atoms with van der Waals surface area (Å²) in [5.41, 5.74) is 0. The number of hydrogen-bond acceptors (Lipinski definition) is 6. The lowest BCUT2D eigenvalue weighted by molar-refractivity contribution is -0.167. The van der Waals surface area contributed by atoms with Gasteiger partial charge in [-0.1, -0.05) is 322 Å². The van der Waals surface area contributed by atoms with Gasteiger partial charge in [-0.15, -0.1) is 0 Å². The van der Waals surface area contributed by atoms with E-state index in [1.165, 1.54) is 276 Å². The van der Waals surface area contributed by atoms with E-state index in [0.717, 1.165) is 57.8 Å². The molecule has 0 fully saturated rings. The summed E-state index contributed by atoms with van der Waals surface area (Å²) in [5.74, 6) is -0.852. The molecule has 0 spiro atoms. The molecular formula is C66H126O6. The van der Waals surface area contributed by atoms with Gasteiger partial charge in [0.05, 0.1) is 0 Å². The van der Waals surface area contributed by atoms with Crippen LogP contribution in [0.1, 0.15) is 374 Å². The average molecular weight is 1020 g/mol. The lowest BCUT2D eigenvalue weighted by Gasteiger charge is -2.18. The molecule has 1 unspecified atom stereocenters. The van der Waals surface area contributed by atoms with Gasteiger partial charge in [0, 0.05) is 19.3 Å². The molecule has 0 amide bonds. The molecule has 0 saturated carbocycles. The summed E-state index contributed by atoms with van der Waals surface area (Å²) in [7, 11) is 0. The fourth-order valence-electron chi connectivity index (χ4n) is 10.1. The molecule has 0 saturated heterocycles. The van der Waals surface area contributed by atoms with Gasteiger partial charge in [-0.3, -0.25) is 14.4 Å². The zero-order valence-electron chi connectivity index (χ0n) is 49.0. The Bertz CT molecular complexity index is 1120. The Morgan fingerprint density at radius 2 is 0.458 bits per heavy atom. The van der Waals surface area contributed by atoms with Crippen molar-refractivity contribution in [3.05, 3.63) is 12.2 Å². The largest absolute Gasteiger partial charge is 0.462 e. The van der Waals surface area contributed by atoms with Crippen LogP contribution in [-0.4, -0.2) is 37.2 Å². The maximum absolute atomic E-state index is 12.8. The maximum atomic E-state index is 12.8. The van der Waals surface area contributed by atoms with Crippen molar-refractivity contribution in [3.8, 4) is 0 Å². The van der Waals surface area contributed by atoms with Gasteiger partial charge in [0.1, 0.15) is 13.2 Å². The van der Waals surface area contributed by atoms with Gasteiger partial charge in [-0.05, 0) is 44.9 Å². The van der Waals surface area contributed by atoms with Crippen LogP contribution in [0.4, 0.5) is 0 Å². The molecule has 0 aliphatic heterocycles. The van der Waals surface area contributed by atoms with Crippen molar-refractivity contribution in [1.82, 2.24) is 0 Å². The van der Waals surface area contributed by atoms with E-state index in [9.17, 15) is 14.4 Å². The van der Waals surface area contributed by atoms with Crippen LogP contribution in [0.2, 0.25) is 0 Å². The number of carbonyl (C=O) groups is 3. The second kappa shape index (κ2) is 61.7. The first-order valence-electron chi connectivity index (χ1n) is 32.7. The molecule has 0 aromatic rings. The summed E-state index contributed by atoms with van der Waals surface area (Å²) in [6.45, 7) is 6.66. The summed E-state index contributed by atoms with van der Waals surface area (Å²) in [6, 6.07) is 0. The average Bonchev–Trinajstić information content (AvgIpc) is 3.38. The quantitative estimate of drug-likeness (QED) is 0.0261. The standard InChI is InChI=1S/C66H126O6/c1-4-7-10-13-16-18-20-22-24-26-28-29-30-31-32-33-34-35-36-37-38-40-41-43-45-47-50-53-56-59-65(68)71-62-63(61-70-64(67)58-55-52-49-15-12-9-6-3)72-66(69)60-57-54-51-48-46-44-42-39-27-25-23-21-19-17-14-11-8-5-2/h25,27,63H,4-24,26,28-62H2,1-3H3/b27-25-. The lowest BCUT2D eigenvalue weighted by Crippen LogP contribution is -2.30. The number of rotatable bonds is 61.